The van der Waals surface area contributed by atoms with Crippen LogP contribution in [-0.4, -0.2) is 68.0 Å². The number of amides is 1. The fourth-order valence-electron chi connectivity index (χ4n) is 6.01. The Bertz CT molecular complexity index is 1110. The number of carbonyl (C=O) groups is 2. The molecule has 1 saturated heterocycles. The fraction of sp³-hybridized carbons (Fsp3) is 0.462. The molecule has 9 nitrogen and oxygen atoms in total. The first-order chi connectivity index (χ1) is 16.8. The Labute approximate surface area is 204 Å². The zero-order valence-corrected chi connectivity index (χ0v) is 20.2. The lowest BCUT2D eigenvalue weighted by Crippen LogP contribution is -2.63. The van der Waals surface area contributed by atoms with Crippen LogP contribution in [0.4, 0.5) is 4.79 Å². The zero-order valence-electron chi connectivity index (χ0n) is 20.2. The Morgan fingerprint density at radius 2 is 1.83 bits per heavy atom. The maximum Gasteiger partial charge on any atom is 0.407 e. The van der Waals surface area contributed by atoms with Gasteiger partial charge in [-0.1, -0.05) is 53.6 Å². The molecule has 1 aliphatic carbocycles. The number of carboxylic acid groups (broad SMARTS) is 1. The molecule has 35 heavy (non-hydrogen) atoms. The third-order valence-corrected chi connectivity index (χ3v) is 7.42. The van der Waals surface area contributed by atoms with Crippen molar-refractivity contribution in [2.45, 2.75) is 31.2 Å². The molecule has 184 valence electrons. The van der Waals surface area contributed by atoms with Gasteiger partial charge in [0.2, 0.25) is 0 Å². The molecule has 0 aromatic heterocycles. The number of fused-ring (bicyclic) bond motifs is 3. The van der Waals surface area contributed by atoms with Crippen LogP contribution in [0.15, 0.2) is 53.6 Å². The molecule has 0 unspecified atom stereocenters. The molecule has 0 bridgehead atoms. The van der Waals surface area contributed by atoms with Crippen LogP contribution in [0, 0.1) is 5.41 Å². The number of nitrogens with one attached hydrogen (secondary N) is 1. The van der Waals surface area contributed by atoms with Gasteiger partial charge >= 0.3 is 12.1 Å². The van der Waals surface area contributed by atoms with E-state index in [1.165, 1.54) is 0 Å². The van der Waals surface area contributed by atoms with Crippen molar-refractivity contribution in [3.8, 4) is 11.1 Å². The fourth-order valence-corrected chi connectivity index (χ4v) is 6.01. The maximum atomic E-state index is 12.9. The number of alkyl carbamates (subject to hydrolysis) is 1. The number of likely N-dealkylation sites (tertiary alicyclic amines) is 1. The van der Waals surface area contributed by atoms with E-state index >= 15 is 0 Å². The summed E-state index contributed by atoms with van der Waals surface area (Å²) in [4.78, 5) is 28.1. The second-order valence-corrected chi connectivity index (χ2v) is 10.2. The summed E-state index contributed by atoms with van der Waals surface area (Å²) in [6.07, 6.45) is 1.06. The van der Waals surface area contributed by atoms with Crippen LogP contribution in [-0.2, 0) is 9.53 Å². The Balaban J connectivity index is 1.51. The number of azide groups is 1. The number of quaternary nitrogens is 1. The van der Waals surface area contributed by atoms with Gasteiger partial charge in [0.1, 0.15) is 12.6 Å². The molecule has 0 saturated carbocycles. The van der Waals surface area contributed by atoms with E-state index in [4.69, 9.17) is 10.3 Å². The highest BCUT2D eigenvalue weighted by molar-refractivity contribution is 5.81. The average molecular weight is 479 g/mol. The van der Waals surface area contributed by atoms with E-state index in [1.807, 2.05) is 50.5 Å². The molecule has 0 radical (unpaired) electrons. The topological polar surface area (TPSA) is 124 Å². The molecule has 2 N–H and O–H groups in total. The molecule has 9 heteroatoms. The molecule has 1 fully saturated rings. The SMILES string of the molecule is C[N+]1(C)CCC[C@@](CCN=[N+]=[N-])([C@@H](NC(=O)OCC2c3ccccc3-c3ccccc32)C(=O)O)C1. The third-order valence-electron chi connectivity index (χ3n) is 7.42. The Morgan fingerprint density at radius 3 is 2.40 bits per heavy atom. The van der Waals surface area contributed by atoms with Gasteiger partial charge in [0.05, 0.1) is 32.6 Å². The highest BCUT2D eigenvalue weighted by Gasteiger charge is 2.50. The molecular formula is C26H32N5O4+. The van der Waals surface area contributed by atoms with Crippen LogP contribution in [0.2, 0.25) is 0 Å². The zero-order chi connectivity index (χ0) is 25.1. The predicted octanol–water partition coefficient (Wildman–Crippen LogP) is 4.54. The number of nitrogens with zero attached hydrogens (tertiary/aromatic N) is 4. The summed E-state index contributed by atoms with van der Waals surface area (Å²) in [7, 11) is 4.10. The number of carboxylic acids is 1. The smallest absolute Gasteiger partial charge is 0.407 e. The number of piperidine rings is 1. The quantitative estimate of drug-likeness (QED) is 0.250. The summed E-state index contributed by atoms with van der Waals surface area (Å²) in [5.74, 6) is -1.22. The standard InChI is InChI=1S/C26H31N5O4/c1-31(2)15-7-12-26(17-31,13-14-28-30-27)23(24(32)33)29-25(34)35-16-22-20-10-5-3-8-18(20)19-9-4-6-11-21(19)22/h3-6,8-11,22-23H,7,12-17H2,1-2H3,(H-,29,32,33,34)/p+1/t23-,26-/m0/s1. The summed E-state index contributed by atoms with van der Waals surface area (Å²) >= 11 is 0. The molecule has 2 aromatic rings. The number of benzene rings is 2. The van der Waals surface area contributed by atoms with Gasteiger partial charge in [-0.25, -0.2) is 9.59 Å². The van der Waals surface area contributed by atoms with E-state index in [-0.39, 0.29) is 19.1 Å². The molecule has 2 atom stereocenters. The predicted molar refractivity (Wildman–Crippen MR) is 132 cm³/mol. The van der Waals surface area contributed by atoms with E-state index in [9.17, 15) is 14.7 Å². The molecule has 1 aliphatic heterocycles. The lowest BCUT2D eigenvalue weighted by molar-refractivity contribution is -0.903. The van der Waals surface area contributed by atoms with E-state index in [2.05, 4.69) is 27.5 Å². The van der Waals surface area contributed by atoms with Gasteiger partial charge in [0, 0.05) is 17.4 Å². The number of hydrogen-bond acceptors (Lipinski definition) is 4. The maximum absolute atomic E-state index is 12.9. The second kappa shape index (κ2) is 9.98. The van der Waals surface area contributed by atoms with Crippen LogP contribution < -0.4 is 5.32 Å². The van der Waals surface area contributed by atoms with E-state index in [0.717, 1.165) is 35.2 Å². The second-order valence-electron chi connectivity index (χ2n) is 10.2. The average Bonchev–Trinajstić information content (AvgIpc) is 3.14. The molecular weight excluding hydrogens is 446 g/mol. The Kier molecular flexibility index (Phi) is 7.00. The molecule has 0 spiro atoms. The van der Waals surface area contributed by atoms with Crippen molar-refractivity contribution >= 4 is 12.1 Å². The largest absolute Gasteiger partial charge is 0.480 e. The van der Waals surface area contributed by atoms with Crippen molar-refractivity contribution in [1.29, 1.82) is 0 Å². The van der Waals surface area contributed by atoms with Crippen molar-refractivity contribution < 1.29 is 23.9 Å². The minimum absolute atomic E-state index is 0.111. The summed E-state index contributed by atoms with van der Waals surface area (Å²) in [6, 6.07) is 15.0. The minimum Gasteiger partial charge on any atom is -0.480 e. The Morgan fingerprint density at radius 1 is 1.20 bits per heavy atom. The van der Waals surface area contributed by atoms with Crippen molar-refractivity contribution in [2.24, 2.45) is 10.5 Å². The lowest BCUT2D eigenvalue weighted by Gasteiger charge is -2.48. The molecule has 4 rings (SSSR count). The molecule has 1 amide bonds. The third kappa shape index (κ3) is 5.11. The van der Waals surface area contributed by atoms with E-state index in [1.54, 1.807) is 0 Å². The van der Waals surface area contributed by atoms with Gasteiger partial charge < -0.3 is 19.6 Å². The monoisotopic (exact) mass is 478 g/mol. The van der Waals surface area contributed by atoms with Gasteiger partial charge in [-0.15, -0.1) is 0 Å². The highest BCUT2D eigenvalue weighted by atomic mass is 16.5. The van der Waals surface area contributed by atoms with Crippen molar-refractivity contribution in [2.75, 3.05) is 40.3 Å². The van der Waals surface area contributed by atoms with E-state index in [0.29, 0.717) is 23.9 Å². The highest BCUT2D eigenvalue weighted by Crippen LogP contribution is 2.44. The Hall–Kier alpha value is -3.55. The van der Waals surface area contributed by atoms with Crippen LogP contribution in [0.25, 0.3) is 21.6 Å². The van der Waals surface area contributed by atoms with E-state index < -0.39 is 23.5 Å². The lowest BCUT2D eigenvalue weighted by atomic mass is 9.70. The van der Waals surface area contributed by atoms with Gasteiger partial charge in [-0.05, 0) is 47.0 Å². The molecule has 1 heterocycles. The molecule has 2 aliphatic rings. The van der Waals surface area contributed by atoms with Gasteiger partial charge in [-0.3, -0.25) is 0 Å². The summed E-state index contributed by atoms with van der Waals surface area (Å²) in [5.41, 5.74) is 12.4. The van der Waals surface area contributed by atoms with Crippen LogP contribution in [0.5, 0.6) is 0 Å². The van der Waals surface area contributed by atoms with Crippen LogP contribution in [0.3, 0.4) is 0 Å². The summed E-state index contributed by atoms with van der Waals surface area (Å²) < 4.78 is 6.26. The number of carbonyl (C=O) groups excluding carboxylic acids is 1. The van der Waals surface area contributed by atoms with Crippen molar-refractivity contribution in [3.63, 3.8) is 0 Å². The van der Waals surface area contributed by atoms with Crippen LogP contribution in [0.1, 0.15) is 36.3 Å². The van der Waals surface area contributed by atoms with Gasteiger partial charge in [0.15, 0.2) is 0 Å². The first-order valence-corrected chi connectivity index (χ1v) is 11.9. The van der Waals surface area contributed by atoms with Crippen LogP contribution >= 0.6 is 0 Å². The first-order valence-electron chi connectivity index (χ1n) is 11.9. The number of ether oxygens (including phenoxy) is 1. The summed E-state index contributed by atoms with van der Waals surface area (Å²) in [5, 5.41) is 16.4. The first kappa shape index (κ1) is 24.6. The normalized spacial score (nSPS) is 21.2. The van der Waals surface area contributed by atoms with Crippen molar-refractivity contribution in [1.82, 2.24) is 5.32 Å². The molecule has 2 aromatic carbocycles. The number of hydrogen-bond donors (Lipinski definition) is 2. The number of rotatable bonds is 8. The minimum atomic E-state index is -1.15. The van der Waals surface area contributed by atoms with Gasteiger partial charge in [-0.2, -0.15) is 0 Å². The summed E-state index contributed by atoms with van der Waals surface area (Å²) in [6.45, 7) is 1.75. The van der Waals surface area contributed by atoms with Gasteiger partial charge in [0.25, 0.3) is 0 Å². The van der Waals surface area contributed by atoms with Crippen molar-refractivity contribution in [3.05, 3.63) is 70.1 Å². The number of aliphatic carboxylic acids is 1.